The summed E-state index contributed by atoms with van der Waals surface area (Å²) in [5.41, 5.74) is 2.49. The molecule has 0 radical (unpaired) electrons. The molecule has 0 spiro atoms. The second-order valence-corrected chi connectivity index (χ2v) is 6.81. The van der Waals surface area contributed by atoms with Gasteiger partial charge in [-0.25, -0.2) is 0 Å². The molecule has 0 aliphatic carbocycles. The summed E-state index contributed by atoms with van der Waals surface area (Å²) in [5.74, 6) is 0.0772. The predicted octanol–water partition coefficient (Wildman–Crippen LogP) is 1.71. The van der Waals surface area contributed by atoms with Gasteiger partial charge in [0.25, 0.3) is 0 Å². The van der Waals surface area contributed by atoms with E-state index in [4.69, 9.17) is 9.47 Å². The molecular formula is C19H31Cl2N3O3. The van der Waals surface area contributed by atoms with Crippen LogP contribution in [0.25, 0.3) is 0 Å². The summed E-state index contributed by atoms with van der Waals surface area (Å²) in [5, 5.41) is 6.45. The lowest BCUT2D eigenvalue weighted by atomic mass is 10.0. The second kappa shape index (κ2) is 12.5. The smallest absolute Gasteiger partial charge is 0.221 e. The van der Waals surface area contributed by atoms with Gasteiger partial charge in [0.2, 0.25) is 5.91 Å². The molecule has 1 amide bonds. The monoisotopic (exact) mass is 419 g/mol. The van der Waals surface area contributed by atoms with Crippen LogP contribution in [0.4, 0.5) is 0 Å². The maximum Gasteiger partial charge on any atom is 0.221 e. The Morgan fingerprint density at radius 1 is 1.19 bits per heavy atom. The van der Waals surface area contributed by atoms with Crippen molar-refractivity contribution in [3.8, 4) is 0 Å². The molecule has 0 bridgehead atoms. The fourth-order valence-electron chi connectivity index (χ4n) is 3.39. The molecule has 8 heteroatoms. The van der Waals surface area contributed by atoms with E-state index in [1.54, 1.807) is 0 Å². The van der Waals surface area contributed by atoms with E-state index in [0.29, 0.717) is 19.6 Å². The highest BCUT2D eigenvalue weighted by Crippen LogP contribution is 2.22. The third-order valence-corrected chi connectivity index (χ3v) is 4.87. The summed E-state index contributed by atoms with van der Waals surface area (Å²) in [6.07, 6.45) is 0.462. The van der Waals surface area contributed by atoms with Gasteiger partial charge in [-0.3, -0.25) is 9.69 Å². The number of ether oxygens (including phenoxy) is 2. The van der Waals surface area contributed by atoms with Crippen molar-refractivity contribution in [1.82, 2.24) is 15.5 Å². The van der Waals surface area contributed by atoms with Crippen LogP contribution in [-0.4, -0.2) is 69.5 Å². The standard InChI is InChI=1S/C19H29N3O3.2ClH/c1-15-2-4-16(5-3-15)18(22-7-10-24-11-8-22)13-21-19(23)12-17-14-25-9-6-20-17;;/h2-5,17-18,20H,6-14H2,1H3,(H,21,23);2*1H. The van der Waals surface area contributed by atoms with Gasteiger partial charge in [-0.2, -0.15) is 0 Å². The van der Waals surface area contributed by atoms with Crippen LogP contribution in [-0.2, 0) is 14.3 Å². The van der Waals surface area contributed by atoms with Crippen molar-refractivity contribution in [3.05, 3.63) is 35.4 Å². The summed E-state index contributed by atoms with van der Waals surface area (Å²) >= 11 is 0. The van der Waals surface area contributed by atoms with Crippen LogP contribution in [0.2, 0.25) is 0 Å². The topological polar surface area (TPSA) is 62.8 Å². The van der Waals surface area contributed by atoms with Crippen molar-refractivity contribution in [2.45, 2.75) is 25.4 Å². The number of rotatable bonds is 6. The van der Waals surface area contributed by atoms with Crippen LogP contribution in [0, 0.1) is 6.92 Å². The van der Waals surface area contributed by atoms with Crippen LogP contribution in [0.3, 0.4) is 0 Å². The quantitative estimate of drug-likeness (QED) is 0.734. The highest BCUT2D eigenvalue weighted by atomic mass is 35.5. The molecule has 2 aliphatic heterocycles. The lowest BCUT2D eigenvalue weighted by molar-refractivity contribution is -0.122. The fourth-order valence-corrected chi connectivity index (χ4v) is 3.39. The molecule has 27 heavy (non-hydrogen) atoms. The third-order valence-electron chi connectivity index (χ3n) is 4.87. The minimum absolute atomic E-state index is 0. The molecule has 0 aromatic heterocycles. The molecule has 2 N–H and O–H groups in total. The lowest BCUT2D eigenvalue weighted by Gasteiger charge is -2.35. The van der Waals surface area contributed by atoms with Crippen LogP contribution < -0.4 is 10.6 Å². The van der Waals surface area contributed by atoms with Gasteiger partial charge in [-0.1, -0.05) is 29.8 Å². The molecule has 1 aromatic rings. The van der Waals surface area contributed by atoms with E-state index in [2.05, 4.69) is 46.7 Å². The summed E-state index contributed by atoms with van der Waals surface area (Å²) in [6, 6.07) is 8.90. The third kappa shape index (κ3) is 7.56. The summed E-state index contributed by atoms with van der Waals surface area (Å²) in [6.45, 7) is 8.16. The molecule has 2 atom stereocenters. The second-order valence-electron chi connectivity index (χ2n) is 6.81. The molecular weight excluding hydrogens is 389 g/mol. The van der Waals surface area contributed by atoms with Crippen LogP contribution in [0.1, 0.15) is 23.6 Å². The van der Waals surface area contributed by atoms with Gasteiger partial charge < -0.3 is 20.1 Å². The molecule has 154 valence electrons. The van der Waals surface area contributed by atoms with Gasteiger partial charge in [-0.15, -0.1) is 24.8 Å². The Bertz CT molecular complexity index is 548. The first-order valence-electron chi connectivity index (χ1n) is 9.18. The minimum Gasteiger partial charge on any atom is -0.379 e. The zero-order valence-electron chi connectivity index (χ0n) is 15.8. The maximum absolute atomic E-state index is 12.3. The lowest BCUT2D eigenvalue weighted by Crippen LogP contribution is -2.46. The highest BCUT2D eigenvalue weighted by Gasteiger charge is 2.24. The Morgan fingerprint density at radius 2 is 1.89 bits per heavy atom. The normalized spacial score (nSPS) is 21.4. The van der Waals surface area contributed by atoms with Gasteiger partial charge >= 0.3 is 0 Å². The van der Waals surface area contributed by atoms with Gasteiger partial charge in [0.15, 0.2) is 0 Å². The number of carbonyl (C=O) groups excluding carboxylic acids is 1. The Labute approximate surface area is 174 Å². The van der Waals surface area contributed by atoms with E-state index in [9.17, 15) is 4.79 Å². The summed E-state index contributed by atoms with van der Waals surface area (Å²) < 4.78 is 10.9. The van der Waals surface area contributed by atoms with Crippen molar-refractivity contribution in [2.24, 2.45) is 0 Å². The first kappa shape index (κ1) is 24.1. The van der Waals surface area contributed by atoms with E-state index in [1.165, 1.54) is 11.1 Å². The van der Waals surface area contributed by atoms with Crippen molar-refractivity contribution in [2.75, 3.05) is 52.6 Å². The zero-order valence-corrected chi connectivity index (χ0v) is 17.4. The first-order valence-corrected chi connectivity index (χ1v) is 9.18. The number of amides is 1. The number of halogens is 2. The fraction of sp³-hybridized carbons (Fsp3) is 0.632. The Balaban J connectivity index is 0.00000182. The molecule has 2 saturated heterocycles. The SMILES string of the molecule is Cc1ccc(C(CNC(=O)CC2COCCN2)N2CCOCC2)cc1.Cl.Cl. The van der Waals surface area contributed by atoms with Crippen molar-refractivity contribution in [3.63, 3.8) is 0 Å². The molecule has 2 heterocycles. The first-order chi connectivity index (χ1) is 12.2. The summed E-state index contributed by atoms with van der Waals surface area (Å²) in [7, 11) is 0. The maximum atomic E-state index is 12.3. The molecule has 6 nitrogen and oxygen atoms in total. The van der Waals surface area contributed by atoms with Crippen LogP contribution in [0.15, 0.2) is 24.3 Å². The Morgan fingerprint density at radius 3 is 2.52 bits per heavy atom. The van der Waals surface area contributed by atoms with Crippen molar-refractivity contribution in [1.29, 1.82) is 0 Å². The van der Waals surface area contributed by atoms with Crippen molar-refractivity contribution >= 4 is 30.7 Å². The Hall–Kier alpha value is -0.890. The number of nitrogens with one attached hydrogen (secondary N) is 2. The van der Waals surface area contributed by atoms with Gasteiger partial charge in [0.1, 0.15) is 0 Å². The predicted molar refractivity (Wildman–Crippen MR) is 111 cm³/mol. The molecule has 0 saturated carbocycles. The Kier molecular flexibility index (Phi) is 11.2. The van der Waals surface area contributed by atoms with E-state index >= 15 is 0 Å². The van der Waals surface area contributed by atoms with Gasteiger partial charge in [0, 0.05) is 38.6 Å². The van der Waals surface area contributed by atoms with E-state index in [1.807, 2.05) is 0 Å². The molecule has 2 fully saturated rings. The van der Waals surface area contributed by atoms with Crippen LogP contribution in [0.5, 0.6) is 0 Å². The van der Waals surface area contributed by atoms with Gasteiger partial charge in [0.05, 0.1) is 32.5 Å². The number of hydrogen-bond donors (Lipinski definition) is 2. The number of benzene rings is 1. The molecule has 3 rings (SSSR count). The summed E-state index contributed by atoms with van der Waals surface area (Å²) in [4.78, 5) is 14.7. The average molecular weight is 420 g/mol. The van der Waals surface area contributed by atoms with Crippen LogP contribution >= 0.6 is 24.8 Å². The highest BCUT2D eigenvalue weighted by molar-refractivity contribution is 5.85. The van der Waals surface area contributed by atoms with Gasteiger partial charge in [-0.05, 0) is 12.5 Å². The number of nitrogens with zero attached hydrogens (tertiary/aromatic N) is 1. The molecule has 1 aromatic carbocycles. The van der Waals surface area contributed by atoms with E-state index in [0.717, 1.165) is 39.5 Å². The number of carbonyl (C=O) groups is 1. The average Bonchev–Trinajstić information content (AvgIpc) is 2.65. The molecule has 2 aliphatic rings. The number of morpholine rings is 2. The van der Waals surface area contributed by atoms with Crippen molar-refractivity contribution < 1.29 is 14.3 Å². The number of aryl methyl sites for hydroxylation is 1. The minimum atomic E-state index is 0. The zero-order chi connectivity index (χ0) is 17.5. The van der Waals surface area contributed by atoms with E-state index in [-0.39, 0.29) is 42.8 Å². The molecule has 2 unspecified atom stereocenters. The largest absolute Gasteiger partial charge is 0.379 e. The van der Waals surface area contributed by atoms with E-state index < -0.39 is 0 Å². The number of hydrogen-bond acceptors (Lipinski definition) is 5.